The van der Waals surface area contributed by atoms with E-state index in [1.807, 2.05) is 0 Å². The van der Waals surface area contributed by atoms with Crippen molar-refractivity contribution in [3.8, 4) is 6.07 Å². The molecule has 7 heteroatoms. The number of rotatable bonds is 4. The van der Waals surface area contributed by atoms with Crippen LogP contribution in [-0.4, -0.2) is 53.4 Å². The third-order valence-electron chi connectivity index (χ3n) is 3.52. The monoisotopic (exact) mass is 288 g/mol. The predicted molar refractivity (Wildman–Crippen MR) is 75.7 cm³/mol. The van der Waals surface area contributed by atoms with Crippen molar-refractivity contribution >= 4 is 11.6 Å². The van der Waals surface area contributed by atoms with Gasteiger partial charge in [-0.3, -0.25) is 19.8 Å². The average molecular weight is 288 g/mol. The van der Waals surface area contributed by atoms with Gasteiger partial charge in [-0.1, -0.05) is 0 Å². The number of hydrogen-bond acceptors (Lipinski definition) is 5. The Hall–Kier alpha value is -2.46. The van der Waals surface area contributed by atoms with E-state index in [1.54, 1.807) is 4.90 Å². The minimum absolute atomic E-state index is 0.0205. The first-order valence-electron chi connectivity index (χ1n) is 6.75. The summed E-state index contributed by atoms with van der Waals surface area (Å²) in [6.45, 7) is 3.46. The van der Waals surface area contributed by atoms with Crippen LogP contribution in [0.3, 0.4) is 0 Å². The van der Waals surface area contributed by atoms with E-state index in [2.05, 4.69) is 11.0 Å². The smallest absolute Gasteiger partial charge is 0.269 e. The van der Waals surface area contributed by atoms with Gasteiger partial charge in [0.25, 0.3) is 11.6 Å². The Bertz CT molecular complexity index is 557. The lowest BCUT2D eigenvalue weighted by Gasteiger charge is -2.34. The molecule has 0 radical (unpaired) electrons. The Kier molecular flexibility index (Phi) is 4.85. The van der Waals surface area contributed by atoms with Crippen LogP contribution >= 0.6 is 0 Å². The number of nitro benzene ring substituents is 1. The van der Waals surface area contributed by atoms with Gasteiger partial charge in [-0.25, -0.2) is 0 Å². The van der Waals surface area contributed by atoms with Crippen LogP contribution in [0.1, 0.15) is 16.8 Å². The average Bonchev–Trinajstić information content (AvgIpc) is 2.53. The van der Waals surface area contributed by atoms with Gasteiger partial charge in [0, 0.05) is 56.8 Å². The third-order valence-corrected chi connectivity index (χ3v) is 3.52. The molecule has 0 aliphatic carbocycles. The second-order valence-corrected chi connectivity index (χ2v) is 4.85. The molecule has 1 fully saturated rings. The number of carbonyl (C=O) groups is 1. The maximum Gasteiger partial charge on any atom is 0.269 e. The van der Waals surface area contributed by atoms with Crippen LogP contribution in [0, 0.1) is 21.4 Å². The molecular weight excluding hydrogens is 272 g/mol. The van der Waals surface area contributed by atoms with E-state index >= 15 is 0 Å². The second-order valence-electron chi connectivity index (χ2n) is 4.85. The molecule has 1 amide bonds. The molecule has 0 bridgehead atoms. The second kappa shape index (κ2) is 6.81. The Balaban J connectivity index is 1.92. The van der Waals surface area contributed by atoms with Crippen molar-refractivity contribution in [2.75, 3.05) is 32.7 Å². The van der Waals surface area contributed by atoms with Crippen molar-refractivity contribution in [2.24, 2.45) is 0 Å². The van der Waals surface area contributed by atoms with Gasteiger partial charge in [-0.15, -0.1) is 0 Å². The Morgan fingerprint density at radius 3 is 2.38 bits per heavy atom. The third kappa shape index (κ3) is 3.77. The zero-order chi connectivity index (χ0) is 15.2. The van der Waals surface area contributed by atoms with Crippen LogP contribution in [0.5, 0.6) is 0 Å². The first-order chi connectivity index (χ1) is 10.1. The Labute approximate surface area is 122 Å². The van der Waals surface area contributed by atoms with Gasteiger partial charge in [0.15, 0.2) is 0 Å². The first-order valence-corrected chi connectivity index (χ1v) is 6.75. The van der Waals surface area contributed by atoms with Crippen LogP contribution in [0.25, 0.3) is 0 Å². The van der Waals surface area contributed by atoms with Crippen molar-refractivity contribution in [2.45, 2.75) is 6.42 Å². The Morgan fingerprint density at radius 2 is 1.86 bits per heavy atom. The molecule has 1 aliphatic heterocycles. The molecule has 2 rings (SSSR count). The number of nitrogens with zero attached hydrogens (tertiary/aromatic N) is 4. The topological polar surface area (TPSA) is 90.5 Å². The summed E-state index contributed by atoms with van der Waals surface area (Å²) in [7, 11) is 0. The molecule has 0 N–H and O–H groups in total. The minimum Gasteiger partial charge on any atom is -0.336 e. The highest BCUT2D eigenvalue weighted by molar-refractivity contribution is 5.94. The summed E-state index contributed by atoms with van der Waals surface area (Å²) in [5.74, 6) is -0.107. The van der Waals surface area contributed by atoms with Gasteiger partial charge in [0.05, 0.1) is 11.0 Å². The summed E-state index contributed by atoms with van der Waals surface area (Å²) < 4.78 is 0. The molecule has 0 saturated carbocycles. The lowest BCUT2D eigenvalue weighted by Crippen LogP contribution is -2.48. The molecule has 1 aromatic carbocycles. The molecule has 7 nitrogen and oxygen atoms in total. The van der Waals surface area contributed by atoms with Gasteiger partial charge in [-0.2, -0.15) is 5.26 Å². The molecule has 1 aliphatic rings. The van der Waals surface area contributed by atoms with E-state index in [0.717, 1.165) is 19.6 Å². The summed E-state index contributed by atoms with van der Waals surface area (Å²) in [5, 5.41) is 19.1. The lowest BCUT2D eigenvalue weighted by molar-refractivity contribution is -0.384. The highest BCUT2D eigenvalue weighted by Gasteiger charge is 2.22. The number of piperazine rings is 1. The lowest BCUT2D eigenvalue weighted by atomic mass is 10.1. The van der Waals surface area contributed by atoms with Gasteiger partial charge >= 0.3 is 0 Å². The summed E-state index contributed by atoms with van der Waals surface area (Å²) in [4.78, 5) is 26.3. The number of non-ortho nitro benzene ring substituents is 1. The maximum atomic E-state index is 12.3. The van der Waals surface area contributed by atoms with Crippen LogP contribution < -0.4 is 0 Å². The van der Waals surface area contributed by atoms with Gasteiger partial charge in [0.1, 0.15) is 0 Å². The molecule has 1 heterocycles. The largest absolute Gasteiger partial charge is 0.336 e. The standard InChI is InChI=1S/C14H16N4O3/c15-6-1-7-16-8-10-17(11-9-16)14(19)12-2-4-13(5-3-12)18(20)21/h2-5H,1,7-11H2. The fourth-order valence-corrected chi connectivity index (χ4v) is 2.29. The molecule has 0 atom stereocenters. The van der Waals surface area contributed by atoms with Crippen molar-refractivity contribution in [1.29, 1.82) is 5.26 Å². The number of carbonyl (C=O) groups excluding carboxylic acids is 1. The first kappa shape index (κ1) is 14.9. The van der Waals surface area contributed by atoms with E-state index in [1.165, 1.54) is 24.3 Å². The normalized spacial score (nSPS) is 15.5. The van der Waals surface area contributed by atoms with E-state index in [9.17, 15) is 14.9 Å². The van der Waals surface area contributed by atoms with Crippen molar-refractivity contribution in [3.63, 3.8) is 0 Å². The van der Waals surface area contributed by atoms with Gasteiger partial charge in [-0.05, 0) is 12.1 Å². The molecule has 110 valence electrons. The fraction of sp³-hybridized carbons (Fsp3) is 0.429. The molecule has 1 aromatic rings. The molecule has 0 spiro atoms. The van der Waals surface area contributed by atoms with E-state index in [0.29, 0.717) is 25.1 Å². The highest BCUT2D eigenvalue weighted by atomic mass is 16.6. The van der Waals surface area contributed by atoms with Crippen LogP contribution in [0.2, 0.25) is 0 Å². The fourth-order valence-electron chi connectivity index (χ4n) is 2.29. The Morgan fingerprint density at radius 1 is 1.24 bits per heavy atom. The summed E-state index contributed by atoms with van der Waals surface area (Å²) in [6.07, 6.45) is 0.496. The maximum absolute atomic E-state index is 12.3. The van der Waals surface area contributed by atoms with Crippen molar-refractivity contribution < 1.29 is 9.72 Å². The minimum atomic E-state index is -0.484. The summed E-state index contributed by atoms with van der Waals surface area (Å²) in [5.41, 5.74) is 0.443. The molecule has 0 aromatic heterocycles. The van der Waals surface area contributed by atoms with Gasteiger partial charge in [0.2, 0.25) is 0 Å². The van der Waals surface area contributed by atoms with Crippen LogP contribution in [0.15, 0.2) is 24.3 Å². The van der Waals surface area contributed by atoms with Gasteiger partial charge < -0.3 is 4.90 Å². The SMILES string of the molecule is N#CCCN1CCN(C(=O)c2ccc([N+](=O)[O-])cc2)CC1. The number of nitriles is 1. The van der Waals surface area contributed by atoms with E-state index in [4.69, 9.17) is 5.26 Å². The molecule has 21 heavy (non-hydrogen) atoms. The number of benzene rings is 1. The molecule has 0 unspecified atom stereocenters. The molecular formula is C14H16N4O3. The number of nitro groups is 1. The van der Waals surface area contributed by atoms with Crippen LogP contribution in [-0.2, 0) is 0 Å². The zero-order valence-electron chi connectivity index (χ0n) is 11.6. The van der Waals surface area contributed by atoms with Crippen LogP contribution in [0.4, 0.5) is 5.69 Å². The summed E-state index contributed by atoms with van der Waals surface area (Å²) >= 11 is 0. The summed E-state index contributed by atoms with van der Waals surface area (Å²) in [6, 6.07) is 7.78. The zero-order valence-corrected chi connectivity index (χ0v) is 11.6. The van der Waals surface area contributed by atoms with Crippen molar-refractivity contribution in [1.82, 2.24) is 9.80 Å². The highest BCUT2D eigenvalue weighted by Crippen LogP contribution is 2.14. The predicted octanol–water partition coefficient (Wildman–Crippen LogP) is 1.27. The van der Waals surface area contributed by atoms with Crippen molar-refractivity contribution in [3.05, 3.63) is 39.9 Å². The number of amides is 1. The number of hydrogen-bond donors (Lipinski definition) is 0. The van der Waals surface area contributed by atoms with E-state index < -0.39 is 4.92 Å². The van der Waals surface area contributed by atoms with E-state index in [-0.39, 0.29) is 11.6 Å². The quantitative estimate of drug-likeness (QED) is 0.614. The molecule has 1 saturated heterocycles.